The van der Waals surface area contributed by atoms with Crippen LogP contribution in [0.5, 0.6) is 5.75 Å². The van der Waals surface area contributed by atoms with Gasteiger partial charge in [-0.15, -0.1) is 0 Å². The van der Waals surface area contributed by atoms with Gasteiger partial charge in [0.15, 0.2) is 0 Å². The van der Waals surface area contributed by atoms with Crippen LogP contribution in [0.25, 0.3) is 0 Å². The van der Waals surface area contributed by atoms with Crippen molar-refractivity contribution in [2.45, 2.75) is 0 Å². The van der Waals surface area contributed by atoms with E-state index in [1.165, 1.54) is 0 Å². The fourth-order valence-corrected chi connectivity index (χ4v) is 1.12. The van der Waals surface area contributed by atoms with Crippen LogP contribution in [-0.4, -0.2) is 5.11 Å². The molecule has 1 N–H and O–H groups in total. The summed E-state index contributed by atoms with van der Waals surface area (Å²) in [6.07, 6.45) is 0. The summed E-state index contributed by atoms with van der Waals surface area (Å²) in [5, 5.41) is 8.90. The molecule has 1 nitrogen and oxygen atoms in total. The molecule has 1 aromatic carbocycles. The number of halogens is 2. The molecular formula is C7H5Br2O. The molecule has 0 spiro atoms. The van der Waals surface area contributed by atoms with E-state index in [1.54, 1.807) is 12.1 Å². The monoisotopic (exact) mass is 263 g/mol. The van der Waals surface area contributed by atoms with Gasteiger partial charge in [0.1, 0.15) is 9.49 Å². The van der Waals surface area contributed by atoms with Crippen molar-refractivity contribution >= 4 is 31.9 Å². The first-order valence-electron chi connectivity index (χ1n) is 2.67. The van der Waals surface area contributed by atoms with Crippen molar-refractivity contribution in [1.82, 2.24) is 0 Å². The van der Waals surface area contributed by atoms with Gasteiger partial charge in [-0.05, 0) is 17.7 Å². The van der Waals surface area contributed by atoms with E-state index in [9.17, 15) is 0 Å². The molecule has 0 aliphatic heterocycles. The summed E-state index contributed by atoms with van der Waals surface area (Å²) in [4.78, 5) is 0. The largest absolute Gasteiger partial charge is 0.508 e. The molecule has 0 amide bonds. The van der Waals surface area contributed by atoms with Gasteiger partial charge in [0.2, 0.25) is 0 Å². The Morgan fingerprint density at radius 3 is 2.00 bits per heavy atom. The van der Waals surface area contributed by atoms with Crippen LogP contribution >= 0.6 is 31.9 Å². The maximum absolute atomic E-state index is 8.90. The summed E-state index contributed by atoms with van der Waals surface area (Å²) in [5.41, 5.74) is 1.01. The molecule has 3 heteroatoms. The summed E-state index contributed by atoms with van der Waals surface area (Å²) in [6.45, 7) is 0. The van der Waals surface area contributed by atoms with E-state index < -0.39 is 0 Å². The van der Waals surface area contributed by atoms with Crippen LogP contribution in [-0.2, 0) is 0 Å². The van der Waals surface area contributed by atoms with Crippen molar-refractivity contribution in [1.29, 1.82) is 0 Å². The molecule has 1 radical (unpaired) electrons. The lowest BCUT2D eigenvalue weighted by Crippen LogP contribution is -1.77. The Balaban J connectivity index is 2.89. The number of rotatable bonds is 1. The van der Waals surface area contributed by atoms with E-state index in [4.69, 9.17) is 5.11 Å². The fraction of sp³-hybridized carbons (Fsp3) is 0. The molecule has 10 heavy (non-hydrogen) atoms. The van der Waals surface area contributed by atoms with E-state index in [0.717, 1.165) is 9.30 Å². The third kappa shape index (κ3) is 1.99. The van der Waals surface area contributed by atoms with Crippen molar-refractivity contribution in [2.24, 2.45) is 0 Å². The molecule has 0 saturated heterocycles. The van der Waals surface area contributed by atoms with Crippen LogP contribution in [0.15, 0.2) is 24.3 Å². The minimum Gasteiger partial charge on any atom is -0.508 e. The zero-order valence-electron chi connectivity index (χ0n) is 5.01. The maximum Gasteiger partial charge on any atom is 0.134 e. The smallest absolute Gasteiger partial charge is 0.134 e. The van der Waals surface area contributed by atoms with E-state index >= 15 is 0 Å². The van der Waals surface area contributed by atoms with Crippen molar-refractivity contribution < 1.29 is 5.11 Å². The Labute approximate surface area is 76.3 Å². The number of hydrogen-bond donors (Lipinski definition) is 1. The highest BCUT2D eigenvalue weighted by atomic mass is 79.9. The molecule has 0 aliphatic carbocycles. The van der Waals surface area contributed by atoms with Gasteiger partial charge in [-0.1, -0.05) is 44.0 Å². The summed E-state index contributed by atoms with van der Waals surface area (Å²) in [5.74, 6) is 0.282. The Morgan fingerprint density at radius 2 is 1.60 bits per heavy atom. The second-order valence-corrected chi connectivity index (χ2v) is 4.46. The van der Waals surface area contributed by atoms with Crippen LogP contribution < -0.4 is 0 Å². The van der Waals surface area contributed by atoms with E-state index in [-0.39, 0.29) is 5.75 Å². The Kier molecular flexibility index (Phi) is 2.74. The lowest BCUT2D eigenvalue weighted by atomic mass is 10.2. The van der Waals surface area contributed by atoms with E-state index in [1.807, 2.05) is 12.1 Å². The van der Waals surface area contributed by atoms with Crippen LogP contribution in [0.1, 0.15) is 5.56 Å². The van der Waals surface area contributed by atoms with Gasteiger partial charge in [-0.2, -0.15) is 0 Å². The number of phenols is 1. The van der Waals surface area contributed by atoms with Gasteiger partial charge in [-0.3, -0.25) is 0 Å². The summed E-state index contributed by atoms with van der Waals surface area (Å²) in [7, 11) is 0. The predicted molar refractivity (Wildman–Crippen MR) is 48.3 cm³/mol. The van der Waals surface area contributed by atoms with Gasteiger partial charge >= 0.3 is 0 Å². The molecule has 0 unspecified atom stereocenters. The van der Waals surface area contributed by atoms with Crippen LogP contribution in [0.4, 0.5) is 0 Å². The minimum absolute atomic E-state index is 0.282. The second kappa shape index (κ2) is 3.39. The van der Waals surface area contributed by atoms with Crippen LogP contribution in [0, 0.1) is 3.74 Å². The average Bonchev–Trinajstić information content (AvgIpc) is 1.88. The van der Waals surface area contributed by atoms with Crippen LogP contribution in [0.3, 0.4) is 0 Å². The molecule has 0 aromatic heterocycles. The van der Waals surface area contributed by atoms with Gasteiger partial charge in [0.05, 0.1) is 0 Å². The highest BCUT2D eigenvalue weighted by Crippen LogP contribution is 2.28. The van der Waals surface area contributed by atoms with E-state index in [2.05, 4.69) is 31.9 Å². The molecule has 0 fully saturated rings. The first kappa shape index (κ1) is 8.08. The standard InChI is InChI=1S/C7H5Br2O/c8-7(9)5-1-3-6(10)4-2-5/h1-4,10H. The second-order valence-electron chi connectivity index (χ2n) is 1.81. The minimum atomic E-state index is 0.282. The molecule has 0 aliphatic rings. The van der Waals surface area contributed by atoms with Gasteiger partial charge < -0.3 is 5.11 Å². The van der Waals surface area contributed by atoms with Crippen molar-refractivity contribution in [2.75, 3.05) is 0 Å². The zero-order valence-corrected chi connectivity index (χ0v) is 8.18. The van der Waals surface area contributed by atoms with Crippen molar-refractivity contribution in [3.05, 3.63) is 33.6 Å². The summed E-state index contributed by atoms with van der Waals surface area (Å²) in [6, 6.07) is 6.90. The first-order chi connectivity index (χ1) is 4.70. The molecule has 53 valence electrons. The number of benzene rings is 1. The molecule has 0 heterocycles. The molecule has 0 bridgehead atoms. The molecular weight excluding hydrogens is 260 g/mol. The number of hydrogen-bond acceptors (Lipinski definition) is 1. The SMILES string of the molecule is Oc1ccc([C](Br)Br)cc1. The fourth-order valence-electron chi connectivity index (χ4n) is 0.587. The Morgan fingerprint density at radius 1 is 1.10 bits per heavy atom. The maximum atomic E-state index is 8.90. The van der Waals surface area contributed by atoms with Gasteiger partial charge in [0.25, 0.3) is 0 Å². The van der Waals surface area contributed by atoms with Gasteiger partial charge in [0, 0.05) is 0 Å². The number of aromatic hydroxyl groups is 1. The zero-order chi connectivity index (χ0) is 7.56. The molecule has 0 atom stereocenters. The van der Waals surface area contributed by atoms with E-state index in [0.29, 0.717) is 0 Å². The third-order valence-corrected chi connectivity index (χ3v) is 2.00. The Hall–Kier alpha value is -0.0200. The molecule has 1 rings (SSSR count). The highest BCUT2D eigenvalue weighted by Gasteiger charge is 2.01. The topological polar surface area (TPSA) is 20.2 Å². The first-order valence-corrected chi connectivity index (χ1v) is 4.26. The molecule has 0 saturated carbocycles. The van der Waals surface area contributed by atoms with Crippen molar-refractivity contribution in [3.63, 3.8) is 0 Å². The third-order valence-electron chi connectivity index (χ3n) is 1.09. The lowest BCUT2D eigenvalue weighted by molar-refractivity contribution is 0.475. The summed E-state index contributed by atoms with van der Waals surface area (Å²) < 4.78 is 0.889. The van der Waals surface area contributed by atoms with Crippen LogP contribution in [0.2, 0.25) is 0 Å². The lowest BCUT2D eigenvalue weighted by Gasteiger charge is -1.98. The number of phenolic OH excluding ortho intramolecular Hbond substituents is 1. The molecule has 1 aromatic rings. The Bertz CT molecular complexity index is 205. The van der Waals surface area contributed by atoms with Crippen molar-refractivity contribution in [3.8, 4) is 5.75 Å². The normalized spacial score (nSPS) is 10.3. The quantitative estimate of drug-likeness (QED) is 0.827. The average molecular weight is 265 g/mol. The highest BCUT2D eigenvalue weighted by molar-refractivity contribution is 9.27. The summed E-state index contributed by atoms with van der Waals surface area (Å²) >= 11 is 6.52. The van der Waals surface area contributed by atoms with Gasteiger partial charge in [-0.25, -0.2) is 0 Å². The predicted octanol–water partition coefficient (Wildman–Crippen LogP) is 3.02.